The van der Waals surface area contributed by atoms with Crippen molar-refractivity contribution in [3.63, 3.8) is 0 Å². The van der Waals surface area contributed by atoms with Crippen LogP contribution in [0.2, 0.25) is 0 Å². The minimum atomic E-state index is 0. The number of nitrogens with one attached hydrogen (secondary N) is 2. The largest absolute Gasteiger partial charge is 0.493 e. The smallest absolute Gasteiger partial charge is 0.191 e. The molecule has 1 unspecified atom stereocenters. The molecule has 2 N–H and O–H groups in total. The second-order valence-electron chi connectivity index (χ2n) is 8.33. The topological polar surface area (TPSA) is 67.4 Å². The standard InChI is InChI=1S/C23H38N4O3.HI/c1-17-5-8-19(9-6-17)26-23(24-2)25-16-20(27-11-13-30-14-12-27)18-7-10-21(28-3)22(15-18)29-4;/h7,10,15,17,19-20H,5-6,8-9,11-14,16H2,1-4H3,(H2,24,25,26);1H. The molecule has 8 heteroatoms. The number of aliphatic imine (C=N–C) groups is 1. The summed E-state index contributed by atoms with van der Waals surface area (Å²) in [5, 5.41) is 7.20. The van der Waals surface area contributed by atoms with Gasteiger partial charge in [0.25, 0.3) is 0 Å². The van der Waals surface area contributed by atoms with Crippen molar-refractivity contribution in [1.82, 2.24) is 15.5 Å². The van der Waals surface area contributed by atoms with Gasteiger partial charge < -0.3 is 24.8 Å². The Labute approximate surface area is 204 Å². The van der Waals surface area contributed by atoms with Crippen LogP contribution in [0.5, 0.6) is 11.5 Å². The molecule has 0 spiro atoms. The van der Waals surface area contributed by atoms with E-state index in [9.17, 15) is 0 Å². The lowest BCUT2D eigenvalue weighted by molar-refractivity contribution is 0.0169. The summed E-state index contributed by atoms with van der Waals surface area (Å²) in [6.07, 6.45) is 5.00. The lowest BCUT2D eigenvalue weighted by atomic mass is 9.87. The van der Waals surface area contributed by atoms with E-state index in [1.165, 1.54) is 31.2 Å². The predicted octanol–water partition coefficient (Wildman–Crippen LogP) is 3.44. The van der Waals surface area contributed by atoms with E-state index in [0.717, 1.165) is 56.2 Å². The van der Waals surface area contributed by atoms with Crippen molar-refractivity contribution in [3.05, 3.63) is 23.8 Å². The maximum atomic E-state index is 5.58. The number of nitrogens with zero attached hydrogens (tertiary/aromatic N) is 2. The quantitative estimate of drug-likeness (QED) is 0.311. The molecule has 1 heterocycles. The summed E-state index contributed by atoms with van der Waals surface area (Å²) in [5.41, 5.74) is 1.20. The van der Waals surface area contributed by atoms with Crippen molar-refractivity contribution in [2.24, 2.45) is 10.9 Å². The Kier molecular flexibility index (Phi) is 11.2. The molecule has 1 saturated carbocycles. The van der Waals surface area contributed by atoms with E-state index >= 15 is 0 Å². The zero-order chi connectivity index (χ0) is 21.3. The van der Waals surface area contributed by atoms with Crippen molar-refractivity contribution in [2.45, 2.75) is 44.7 Å². The second-order valence-corrected chi connectivity index (χ2v) is 8.33. The van der Waals surface area contributed by atoms with E-state index in [-0.39, 0.29) is 30.0 Å². The molecule has 3 rings (SSSR count). The van der Waals surface area contributed by atoms with Crippen molar-refractivity contribution in [2.75, 3.05) is 54.1 Å². The Morgan fingerprint density at radius 3 is 2.42 bits per heavy atom. The third-order valence-electron chi connectivity index (χ3n) is 6.32. The minimum absolute atomic E-state index is 0. The molecule has 0 bridgehead atoms. The summed E-state index contributed by atoms with van der Waals surface area (Å²) in [6, 6.07) is 6.90. The van der Waals surface area contributed by atoms with Gasteiger partial charge in [-0.1, -0.05) is 13.0 Å². The molecule has 1 aliphatic heterocycles. The summed E-state index contributed by atoms with van der Waals surface area (Å²) in [4.78, 5) is 6.95. The van der Waals surface area contributed by atoms with Crippen molar-refractivity contribution in [3.8, 4) is 11.5 Å². The van der Waals surface area contributed by atoms with Gasteiger partial charge in [0.15, 0.2) is 17.5 Å². The zero-order valence-corrected chi connectivity index (χ0v) is 21.7. The van der Waals surface area contributed by atoms with Crippen LogP contribution < -0.4 is 20.1 Å². The van der Waals surface area contributed by atoms with Gasteiger partial charge in [-0.25, -0.2) is 0 Å². The molecular formula is C23H39IN4O3. The average molecular weight is 546 g/mol. The van der Waals surface area contributed by atoms with E-state index < -0.39 is 0 Å². The molecule has 0 radical (unpaired) electrons. The highest BCUT2D eigenvalue weighted by atomic mass is 127. The SMILES string of the molecule is CN=C(NCC(c1ccc(OC)c(OC)c1)N1CCOCC1)NC1CCC(C)CC1.I. The van der Waals surface area contributed by atoms with Crippen LogP contribution in [0, 0.1) is 5.92 Å². The minimum Gasteiger partial charge on any atom is -0.493 e. The first kappa shape index (κ1) is 26.0. The number of ether oxygens (including phenoxy) is 3. The number of rotatable bonds is 7. The third kappa shape index (κ3) is 7.39. The molecule has 2 fully saturated rings. The van der Waals surface area contributed by atoms with Crippen LogP contribution in [-0.2, 0) is 4.74 Å². The van der Waals surface area contributed by atoms with Crippen LogP contribution >= 0.6 is 24.0 Å². The average Bonchev–Trinajstić information content (AvgIpc) is 2.80. The van der Waals surface area contributed by atoms with Crippen molar-refractivity contribution >= 4 is 29.9 Å². The monoisotopic (exact) mass is 546 g/mol. The molecule has 2 aliphatic rings. The first-order valence-electron chi connectivity index (χ1n) is 11.2. The summed E-state index contributed by atoms with van der Waals surface area (Å²) < 4.78 is 16.5. The molecule has 176 valence electrons. The molecule has 31 heavy (non-hydrogen) atoms. The number of morpholine rings is 1. The Bertz CT molecular complexity index is 689. The highest BCUT2D eigenvalue weighted by Crippen LogP contribution is 2.32. The van der Waals surface area contributed by atoms with Crippen LogP contribution in [0.15, 0.2) is 23.2 Å². The maximum absolute atomic E-state index is 5.58. The van der Waals surface area contributed by atoms with Crippen LogP contribution in [0.25, 0.3) is 0 Å². The van der Waals surface area contributed by atoms with Crippen LogP contribution in [-0.4, -0.2) is 71.0 Å². The molecule has 0 aromatic heterocycles. The molecule has 7 nitrogen and oxygen atoms in total. The van der Waals surface area contributed by atoms with Crippen LogP contribution in [0.1, 0.15) is 44.2 Å². The van der Waals surface area contributed by atoms with E-state index in [4.69, 9.17) is 14.2 Å². The lowest BCUT2D eigenvalue weighted by Gasteiger charge is -2.36. The number of hydrogen-bond acceptors (Lipinski definition) is 5. The van der Waals surface area contributed by atoms with Gasteiger partial charge in [-0.3, -0.25) is 9.89 Å². The number of methoxy groups -OCH3 is 2. The first-order valence-corrected chi connectivity index (χ1v) is 11.2. The summed E-state index contributed by atoms with van der Waals surface area (Å²) in [7, 11) is 5.20. The maximum Gasteiger partial charge on any atom is 0.191 e. The normalized spacial score (nSPS) is 23.4. The van der Waals surface area contributed by atoms with E-state index in [1.54, 1.807) is 14.2 Å². The Morgan fingerprint density at radius 1 is 1.13 bits per heavy atom. The highest BCUT2D eigenvalue weighted by Gasteiger charge is 2.25. The van der Waals surface area contributed by atoms with Crippen LogP contribution in [0.3, 0.4) is 0 Å². The third-order valence-corrected chi connectivity index (χ3v) is 6.32. The fraction of sp³-hybridized carbons (Fsp3) is 0.696. The number of hydrogen-bond donors (Lipinski definition) is 2. The highest BCUT2D eigenvalue weighted by molar-refractivity contribution is 14.0. The van der Waals surface area contributed by atoms with Gasteiger partial charge in [-0.15, -0.1) is 24.0 Å². The van der Waals surface area contributed by atoms with Gasteiger partial charge >= 0.3 is 0 Å². The molecular weight excluding hydrogens is 507 g/mol. The van der Waals surface area contributed by atoms with Gasteiger partial charge in [0.1, 0.15) is 0 Å². The van der Waals surface area contributed by atoms with Gasteiger partial charge in [0, 0.05) is 32.7 Å². The molecule has 1 aromatic carbocycles. The van der Waals surface area contributed by atoms with Crippen molar-refractivity contribution < 1.29 is 14.2 Å². The fourth-order valence-corrected chi connectivity index (χ4v) is 4.39. The van der Waals surface area contributed by atoms with E-state index in [2.05, 4.69) is 39.6 Å². The van der Waals surface area contributed by atoms with Crippen LogP contribution in [0.4, 0.5) is 0 Å². The van der Waals surface area contributed by atoms with Gasteiger partial charge in [0.05, 0.1) is 33.5 Å². The van der Waals surface area contributed by atoms with E-state index in [0.29, 0.717) is 6.04 Å². The van der Waals surface area contributed by atoms with Gasteiger partial charge in [-0.05, 0) is 49.3 Å². The number of guanidine groups is 1. The Hall–Kier alpha value is -1.26. The molecule has 1 aliphatic carbocycles. The molecule has 1 aromatic rings. The molecule has 1 atom stereocenters. The molecule has 1 saturated heterocycles. The summed E-state index contributed by atoms with van der Waals surface area (Å²) in [6.45, 7) is 6.45. The summed E-state index contributed by atoms with van der Waals surface area (Å²) >= 11 is 0. The summed E-state index contributed by atoms with van der Waals surface area (Å²) in [5.74, 6) is 3.23. The second kappa shape index (κ2) is 13.3. The van der Waals surface area contributed by atoms with Gasteiger partial charge in [-0.2, -0.15) is 0 Å². The van der Waals surface area contributed by atoms with E-state index in [1.807, 2.05) is 13.1 Å². The van der Waals surface area contributed by atoms with Crippen molar-refractivity contribution in [1.29, 1.82) is 0 Å². The first-order chi connectivity index (χ1) is 14.6. The number of halogens is 1. The molecule has 0 amide bonds. The Balaban J connectivity index is 0.00000341. The fourth-order valence-electron chi connectivity index (χ4n) is 4.39. The van der Waals surface area contributed by atoms with Gasteiger partial charge in [0.2, 0.25) is 0 Å². The number of benzene rings is 1. The lowest BCUT2D eigenvalue weighted by Crippen LogP contribution is -2.48. The Morgan fingerprint density at radius 2 is 1.81 bits per heavy atom. The predicted molar refractivity (Wildman–Crippen MR) is 136 cm³/mol. The zero-order valence-electron chi connectivity index (χ0n) is 19.4.